The quantitative estimate of drug-likeness (QED) is 0.310. The molecule has 6 atom stereocenters. The van der Waals surface area contributed by atoms with Crippen molar-refractivity contribution in [1.29, 1.82) is 0 Å². The van der Waals surface area contributed by atoms with Crippen LogP contribution in [0.15, 0.2) is 64.6 Å². The molecule has 1 aromatic carbocycles. The van der Waals surface area contributed by atoms with E-state index in [1.165, 1.54) is 5.57 Å². The van der Waals surface area contributed by atoms with E-state index in [-0.39, 0.29) is 11.2 Å². The molecule has 1 aromatic rings. The summed E-state index contributed by atoms with van der Waals surface area (Å²) in [6.07, 6.45) is 11.4. The van der Waals surface area contributed by atoms with Crippen LogP contribution < -0.4 is 0 Å². The maximum atomic E-state index is 13.3. The molecule has 222 valence electrons. The zero-order chi connectivity index (χ0) is 29.3. The highest BCUT2D eigenvalue weighted by atomic mass is 32.2. The lowest BCUT2D eigenvalue weighted by molar-refractivity contribution is 0.0283. The fourth-order valence-electron chi connectivity index (χ4n) is 7.97. The Morgan fingerprint density at radius 3 is 2.45 bits per heavy atom. The summed E-state index contributed by atoms with van der Waals surface area (Å²) in [5.74, 6) is 1.40. The Kier molecular flexibility index (Phi) is 9.56. The maximum absolute atomic E-state index is 13.3. The molecule has 4 rings (SSSR count). The van der Waals surface area contributed by atoms with Gasteiger partial charge in [0.25, 0.3) is 0 Å². The summed E-state index contributed by atoms with van der Waals surface area (Å²) in [6.45, 7) is 12.6. The van der Waals surface area contributed by atoms with Gasteiger partial charge in [-0.05, 0) is 110 Å². The number of allylic oxidation sites excluding steroid dienone is 3. The minimum Gasteiger partial charge on any atom is -0.393 e. The molecule has 0 bridgehead atoms. The first-order valence-corrected chi connectivity index (χ1v) is 17.0. The van der Waals surface area contributed by atoms with Crippen LogP contribution >= 0.6 is 0 Å². The third-order valence-corrected chi connectivity index (χ3v) is 12.5. The fraction of sp³-hybridized carbons (Fsp3) is 0.647. The Morgan fingerprint density at radius 1 is 1.12 bits per heavy atom. The van der Waals surface area contributed by atoms with Crippen LogP contribution in [0.3, 0.4) is 0 Å². The largest absolute Gasteiger partial charge is 0.393 e. The zero-order valence-corrected chi connectivity index (χ0v) is 25.7. The van der Waals surface area contributed by atoms with Crippen molar-refractivity contribution in [2.75, 3.05) is 5.75 Å². The summed E-state index contributed by atoms with van der Waals surface area (Å²) in [5.41, 5.74) is 3.13. The van der Waals surface area contributed by atoms with E-state index in [0.717, 1.165) is 48.8 Å². The van der Waals surface area contributed by atoms with E-state index in [0.29, 0.717) is 54.8 Å². The maximum Gasteiger partial charge on any atom is 0.178 e. The molecule has 3 aliphatic carbocycles. The number of aliphatic hydroxyl groups is 3. The van der Waals surface area contributed by atoms with Gasteiger partial charge in [0.15, 0.2) is 9.84 Å². The molecule has 0 aromatic heterocycles. The summed E-state index contributed by atoms with van der Waals surface area (Å²) >= 11 is 0. The molecular weight excluding hydrogens is 520 g/mol. The van der Waals surface area contributed by atoms with E-state index in [1.807, 2.05) is 13.8 Å². The number of hydrogen-bond acceptors (Lipinski definition) is 5. The van der Waals surface area contributed by atoms with Crippen molar-refractivity contribution in [3.05, 3.63) is 65.3 Å². The van der Waals surface area contributed by atoms with Gasteiger partial charge < -0.3 is 15.3 Å². The highest BCUT2D eigenvalue weighted by molar-refractivity contribution is 7.91. The molecule has 3 saturated carbocycles. The summed E-state index contributed by atoms with van der Waals surface area (Å²) in [7, 11) is -3.41. The van der Waals surface area contributed by atoms with Gasteiger partial charge in [-0.25, -0.2) is 8.42 Å². The Labute approximate surface area is 242 Å². The van der Waals surface area contributed by atoms with Crippen molar-refractivity contribution in [2.45, 2.75) is 115 Å². The molecule has 0 unspecified atom stereocenters. The van der Waals surface area contributed by atoms with Crippen LogP contribution in [-0.2, 0) is 15.4 Å². The molecule has 5 nitrogen and oxygen atoms in total. The highest BCUT2D eigenvalue weighted by Gasteiger charge is 2.50. The van der Waals surface area contributed by atoms with E-state index in [9.17, 15) is 23.7 Å². The van der Waals surface area contributed by atoms with E-state index in [2.05, 4.69) is 32.6 Å². The SMILES string of the molecule is C=C1C(=CC=C2CCC[C@]3(C)[C@@H]([C@H](C)CCS(=O)(=O)c4ccc(C(O)(CC)CC)cc4)CC[C@@H]23)C[C@H](O)C[C@H]1O. The van der Waals surface area contributed by atoms with E-state index in [1.54, 1.807) is 24.3 Å². The van der Waals surface area contributed by atoms with Crippen molar-refractivity contribution >= 4 is 9.84 Å². The zero-order valence-electron chi connectivity index (χ0n) is 24.9. The van der Waals surface area contributed by atoms with Crippen molar-refractivity contribution in [1.82, 2.24) is 0 Å². The van der Waals surface area contributed by atoms with Crippen LogP contribution in [0.4, 0.5) is 0 Å². The van der Waals surface area contributed by atoms with Gasteiger partial charge in [0, 0.05) is 6.42 Å². The molecule has 3 fully saturated rings. The van der Waals surface area contributed by atoms with Gasteiger partial charge in [-0.15, -0.1) is 0 Å². The minimum atomic E-state index is -3.41. The first-order valence-electron chi connectivity index (χ1n) is 15.3. The van der Waals surface area contributed by atoms with Crippen LogP contribution in [0.2, 0.25) is 0 Å². The molecule has 6 heteroatoms. The van der Waals surface area contributed by atoms with Gasteiger partial charge in [0.2, 0.25) is 0 Å². The predicted octanol–water partition coefficient (Wildman–Crippen LogP) is 6.64. The summed E-state index contributed by atoms with van der Waals surface area (Å²) in [5, 5.41) is 31.1. The van der Waals surface area contributed by atoms with E-state index < -0.39 is 27.6 Å². The number of fused-ring (bicyclic) bond motifs is 1. The topological polar surface area (TPSA) is 94.8 Å². The average molecular weight is 571 g/mol. The lowest BCUT2D eigenvalue weighted by Gasteiger charge is -2.44. The van der Waals surface area contributed by atoms with Gasteiger partial charge in [-0.2, -0.15) is 0 Å². The standard InChI is InChI=1S/C34H50O5S/c1-6-34(37,7-2)27-12-14-29(15-13-27)40(38,39)20-18-23(3)30-16-17-31-25(9-8-19-33(30,31)5)10-11-26-21-28(35)22-32(36)24(26)4/h10-15,23,28,30-32,35-37H,4,6-9,16-22H2,1-3,5H3/t23-,28+,30-,31+,32-,33-/m1/s1. The second-order valence-electron chi connectivity index (χ2n) is 13.0. The first-order chi connectivity index (χ1) is 18.8. The monoisotopic (exact) mass is 570 g/mol. The molecule has 0 heterocycles. The van der Waals surface area contributed by atoms with Gasteiger partial charge in [-0.1, -0.05) is 64.1 Å². The second-order valence-corrected chi connectivity index (χ2v) is 15.1. The van der Waals surface area contributed by atoms with Crippen molar-refractivity contribution in [2.24, 2.45) is 23.2 Å². The Morgan fingerprint density at radius 2 is 1.80 bits per heavy atom. The molecule has 0 saturated heterocycles. The molecule has 3 N–H and O–H groups in total. The van der Waals surface area contributed by atoms with Crippen molar-refractivity contribution in [3.8, 4) is 0 Å². The van der Waals surface area contributed by atoms with Crippen LogP contribution in [0.5, 0.6) is 0 Å². The van der Waals surface area contributed by atoms with Gasteiger partial charge in [-0.3, -0.25) is 0 Å². The third kappa shape index (κ3) is 6.21. The van der Waals surface area contributed by atoms with Crippen LogP contribution in [0, 0.1) is 23.2 Å². The molecular formula is C34H50O5S. The molecule has 0 radical (unpaired) electrons. The molecule has 3 aliphatic rings. The predicted molar refractivity (Wildman–Crippen MR) is 161 cm³/mol. The number of aliphatic hydroxyl groups excluding tert-OH is 2. The summed E-state index contributed by atoms with van der Waals surface area (Å²) < 4.78 is 26.5. The Bertz CT molecular complexity index is 1220. The smallest absolute Gasteiger partial charge is 0.178 e. The lowest BCUT2D eigenvalue weighted by atomic mass is 9.61. The lowest BCUT2D eigenvalue weighted by Crippen LogP contribution is -2.36. The first kappa shape index (κ1) is 31.2. The third-order valence-electron chi connectivity index (χ3n) is 10.8. The van der Waals surface area contributed by atoms with Crippen molar-refractivity contribution < 1.29 is 23.7 Å². The normalized spacial score (nSPS) is 32.4. The van der Waals surface area contributed by atoms with Crippen LogP contribution in [-0.4, -0.2) is 41.7 Å². The van der Waals surface area contributed by atoms with Gasteiger partial charge in [0.1, 0.15) is 0 Å². The average Bonchev–Trinajstić information content (AvgIpc) is 3.30. The van der Waals surface area contributed by atoms with Crippen LogP contribution in [0.1, 0.15) is 97.5 Å². The number of benzene rings is 1. The number of hydrogen-bond donors (Lipinski definition) is 3. The number of rotatable bonds is 9. The summed E-state index contributed by atoms with van der Waals surface area (Å²) in [6, 6.07) is 6.84. The fourth-order valence-corrected chi connectivity index (χ4v) is 9.44. The summed E-state index contributed by atoms with van der Waals surface area (Å²) in [4.78, 5) is 0.337. The highest BCUT2D eigenvalue weighted by Crippen LogP contribution is 2.59. The van der Waals surface area contributed by atoms with Crippen LogP contribution in [0.25, 0.3) is 0 Å². The minimum absolute atomic E-state index is 0.137. The van der Waals surface area contributed by atoms with E-state index >= 15 is 0 Å². The van der Waals surface area contributed by atoms with Crippen molar-refractivity contribution in [3.63, 3.8) is 0 Å². The molecule has 0 amide bonds. The Balaban J connectivity index is 1.43. The van der Waals surface area contributed by atoms with Gasteiger partial charge >= 0.3 is 0 Å². The number of sulfone groups is 1. The van der Waals surface area contributed by atoms with Gasteiger partial charge in [0.05, 0.1) is 28.5 Å². The second kappa shape index (κ2) is 12.2. The molecule has 40 heavy (non-hydrogen) atoms. The van der Waals surface area contributed by atoms with E-state index in [4.69, 9.17) is 0 Å². The Hall–Kier alpha value is -1.73. The molecule has 0 spiro atoms. The molecule has 0 aliphatic heterocycles.